The third kappa shape index (κ3) is 4.58. The van der Waals surface area contributed by atoms with Gasteiger partial charge in [0.25, 0.3) is 0 Å². The summed E-state index contributed by atoms with van der Waals surface area (Å²) < 4.78 is 7.68. The molecule has 25 valence electrons. The Morgan fingerprint density at radius 3 is 2.60 bits per heavy atom. The molecule has 0 unspecified atom stereocenters. The first-order valence-electron chi connectivity index (χ1n) is 1.15. The van der Waals surface area contributed by atoms with Crippen LogP contribution in [0.15, 0.2) is 0 Å². The van der Waals surface area contributed by atoms with Crippen molar-refractivity contribution in [2.75, 3.05) is 0 Å². The van der Waals surface area contributed by atoms with Gasteiger partial charge in [-0.3, -0.25) is 0 Å². The second kappa shape index (κ2) is 4.58. The standard InChI is InChI=1S/Al.BHNS.H2N/c;2-1-3;/h;2H;1H2/q+2;2*-1. The maximum absolute atomic E-state index is 5.01. The maximum atomic E-state index is 5.01. The van der Waals surface area contributed by atoms with E-state index in [2.05, 4.69) is 16.3 Å². The van der Waals surface area contributed by atoms with Crippen LogP contribution in [0.4, 0.5) is 0 Å². The SMILES string of the molecule is [NH2][Al][NH]B=S. The molecular weight excluding hydrogens is 97.9 g/mol. The minimum atomic E-state index is -0.124. The van der Waals surface area contributed by atoms with Crippen molar-refractivity contribution in [1.29, 1.82) is 0 Å². The predicted molar refractivity (Wildman–Crippen MR) is 26.4 cm³/mol. The van der Waals surface area contributed by atoms with E-state index < -0.39 is 0 Å². The van der Waals surface area contributed by atoms with Crippen LogP contribution in [0.1, 0.15) is 0 Å². The summed E-state index contributed by atoms with van der Waals surface area (Å²) in [6.07, 6.45) is 1.43. The summed E-state index contributed by atoms with van der Waals surface area (Å²) in [4.78, 5) is 0. The van der Waals surface area contributed by atoms with Crippen LogP contribution >= 0.6 is 12.1 Å². The van der Waals surface area contributed by atoms with E-state index in [1.165, 1.54) is 6.29 Å². The van der Waals surface area contributed by atoms with Gasteiger partial charge in [-0.15, -0.1) is 0 Å². The van der Waals surface area contributed by atoms with Crippen LogP contribution in [-0.2, 0) is 0 Å². The van der Waals surface area contributed by atoms with E-state index in [1.54, 1.807) is 0 Å². The van der Waals surface area contributed by atoms with E-state index in [0.29, 0.717) is 0 Å². The Morgan fingerprint density at radius 1 is 2.00 bits per heavy atom. The molecule has 0 aromatic carbocycles. The van der Waals surface area contributed by atoms with Crippen molar-refractivity contribution in [2.45, 2.75) is 0 Å². The first-order valence-corrected chi connectivity index (χ1v) is 2.86. The summed E-state index contributed by atoms with van der Waals surface area (Å²) in [5.74, 6) is 0. The van der Waals surface area contributed by atoms with Crippen molar-refractivity contribution in [3.63, 3.8) is 0 Å². The summed E-state index contributed by atoms with van der Waals surface area (Å²) in [5.41, 5.74) is 0. The summed E-state index contributed by atoms with van der Waals surface area (Å²) >= 11 is 4.23. The van der Waals surface area contributed by atoms with Crippen molar-refractivity contribution < 1.29 is 0 Å². The zero-order chi connectivity index (χ0) is 4.12. The Morgan fingerprint density at radius 2 is 2.60 bits per heavy atom. The van der Waals surface area contributed by atoms with Crippen molar-refractivity contribution >= 4 is 34.0 Å². The molecule has 5 heteroatoms. The molecule has 1 radical (unpaired) electrons. The molecule has 0 aliphatic carbocycles. The monoisotopic (exact) mass is 101 g/mol. The van der Waals surface area contributed by atoms with Crippen molar-refractivity contribution in [3.8, 4) is 0 Å². The Bertz CT molecular complexity index is 30.8. The number of nitrogens with one attached hydrogen (secondary N) is 1. The number of hydrogen-bond acceptors (Lipinski definition) is 2. The molecule has 0 heterocycles. The van der Waals surface area contributed by atoms with Crippen LogP contribution in [0.25, 0.3) is 0 Å². The average Bonchev–Trinajstić information content (AvgIpc) is 1.41. The molecule has 3 N–H and O–H groups in total. The Labute approximate surface area is 43.4 Å². The van der Waals surface area contributed by atoms with Gasteiger partial charge in [-0.25, -0.2) is 0 Å². The van der Waals surface area contributed by atoms with Crippen molar-refractivity contribution in [2.24, 2.45) is 4.72 Å². The van der Waals surface area contributed by atoms with Crippen molar-refractivity contribution in [3.05, 3.63) is 0 Å². The molecule has 0 aromatic heterocycles. The van der Waals surface area contributed by atoms with E-state index in [4.69, 9.17) is 4.72 Å². The molecule has 0 fully saturated rings. The summed E-state index contributed by atoms with van der Waals surface area (Å²) in [5, 5.41) is 0. The number of rotatable bonds is 2. The third-order valence-corrected chi connectivity index (χ3v) is 0.901. The van der Waals surface area contributed by atoms with Gasteiger partial charge in [0, 0.05) is 0 Å². The van der Waals surface area contributed by atoms with Gasteiger partial charge in [0.15, 0.2) is 0 Å². The zero-order valence-corrected chi connectivity index (χ0v) is 4.61. The van der Waals surface area contributed by atoms with Gasteiger partial charge in [-0.1, -0.05) is 0 Å². The molecule has 0 atom stereocenters. The first-order chi connectivity index (χ1) is 2.41. The first kappa shape index (κ1) is 5.58. The fraction of sp³-hybridized carbons (Fsp3) is 0. The van der Waals surface area contributed by atoms with E-state index in [-0.39, 0.29) is 15.7 Å². The van der Waals surface area contributed by atoms with Gasteiger partial charge in [0.2, 0.25) is 0 Å². The topological polar surface area (TPSA) is 38.0 Å². The summed E-state index contributed by atoms with van der Waals surface area (Å²) in [6, 6.07) is 0. The number of hydrogen-bond donors (Lipinski definition) is 2. The van der Waals surface area contributed by atoms with Crippen LogP contribution in [-0.4, -0.2) is 22.0 Å². The molecule has 2 nitrogen and oxygen atoms in total. The Balaban J connectivity index is 2.40. The molecule has 0 aliphatic rings. The van der Waals surface area contributed by atoms with Crippen LogP contribution < -0.4 is 8.93 Å². The minimum absolute atomic E-state index is 0.124. The molecule has 0 bridgehead atoms. The summed E-state index contributed by atoms with van der Waals surface area (Å²) in [6.45, 7) is 0. The van der Waals surface area contributed by atoms with Gasteiger partial charge >= 0.3 is 42.9 Å². The normalized spacial score (nSPS) is 5.00. The molecule has 0 aliphatic heterocycles. The molecule has 0 rings (SSSR count). The second-order valence-corrected chi connectivity index (χ2v) is 1.35. The Kier molecular flexibility index (Phi) is 5.11. The van der Waals surface area contributed by atoms with Gasteiger partial charge in [0.05, 0.1) is 0 Å². The van der Waals surface area contributed by atoms with E-state index in [0.717, 1.165) is 0 Å². The van der Waals surface area contributed by atoms with Gasteiger partial charge in [-0.2, -0.15) is 0 Å². The van der Waals surface area contributed by atoms with Crippen LogP contribution in [0.3, 0.4) is 0 Å². The fourth-order valence-electron chi connectivity index (χ4n) is 0.0393. The third-order valence-electron chi connectivity index (χ3n) is 0.164. The van der Waals surface area contributed by atoms with E-state index >= 15 is 0 Å². The molecule has 0 saturated carbocycles. The van der Waals surface area contributed by atoms with Gasteiger partial charge in [-0.05, 0) is 0 Å². The van der Waals surface area contributed by atoms with Gasteiger partial charge in [0.1, 0.15) is 0 Å². The molecule has 0 spiro atoms. The number of nitrogens with two attached hydrogens (primary N) is 1. The average molecular weight is 101 g/mol. The molecule has 5 heavy (non-hydrogen) atoms. The van der Waals surface area contributed by atoms with Crippen LogP contribution in [0.2, 0.25) is 0 Å². The van der Waals surface area contributed by atoms with E-state index in [9.17, 15) is 0 Å². The van der Waals surface area contributed by atoms with E-state index in [1.807, 2.05) is 0 Å². The van der Waals surface area contributed by atoms with Crippen LogP contribution in [0, 0.1) is 0 Å². The van der Waals surface area contributed by atoms with Crippen LogP contribution in [0.5, 0.6) is 0 Å². The molecule has 0 amide bonds. The molecular formula is H3AlBN2S. The molecule has 0 aromatic rings. The quantitative estimate of drug-likeness (QED) is 0.429. The fourth-order valence-corrected chi connectivity index (χ4v) is 0.354. The predicted octanol–water partition coefficient (Wildman–Crippen LogP) is -1.20. The second-order valence-electron chi connectivity index (χ2n) is 0.451. The summed E-state index contributed by atoms with van der Waals surface area (Å²) in [7, 11) is 0. The Hall–Kier alpha value is 0.577. The zero-order valence-electron chi connectivity index (χ0n) is 2.64. The van der Waals surface area contributed by atoms with Gasteiger partial charge < -0.3 is 0 Å². The van der Waals surface area contributed by atoms with Crippen molar-refractivity contribution in [1.82, 2.24) is 4.21 Å². The molecule has 0 saturated heterocycles.